The van der Waals surface area contributed by atoms with E-state index in [0.29, 0.717) is 22.8 Å². The molecule has 2 aromatic carbocycles. The van der Waals surface area contributed by atoms with E-state index in [1.165, 1.54) is 0 Å². The van der Waals surface area contributed by atoms with E-state index in [1.54, 1.807) is 30.3 Å². The van der Waals surface area contributed by atoms with Gasteiger partial charge in [0.25, 0.3) is 0 Å². The number of anilines is 1. The van der Waals surface area contributed by atoms with E-state index < -0.39 is 0 Å². The lowest BCUT2D eigenvalue weighted by Gasteiger charge is -2.06. The number of hydrogen-bond acceptors (Lipinski definition) is 2. The van der Waals surface area contributed by atoms with Gasteiger partial charge in [0.2, 0.25) is 0 Å². The van der Waals surface area contributed by atoms with Gasteiger partial charge in [-0.3, -0.25) is 0 Å². The van der Waals surface area contributed by atoms with Crippen LogP contribution in [0.15, 0.2) is 53.5 Å². The molecule has 0 aliphatic heterocycles. The standard InChI is InChI=1S/C16H13ClN4S/c17-13-3-1-2-12(8-13)9-15(19)21-16(22)20-14-6-4-11(10-18)5-7-14/h1-8H,9H2,(H3,19,20,21,22). The van der Waals surface area contributed by atoms with E-state index >= 15 is 0 Å². The van der Waals surface area contributed by atoms with E-state index in [1.807, 2.05) is 18.2 Å². The maximum atomic E-state index is 8.75. The smallest absolute Gasteiger partial charge is 0.198 e. The van der Waals surface area contributed by atoms with Gasteiger partial charge >= 0.3 is 0 Å². The molecule has 3 N–H and O–H groups in total. The van der Waals surface area contributed by atoms with Crippen molar-refractivity contribution in [3.8, 4) is 6.07 Å². The fourth-order valence-corrected chi connectivity index (χ4v) is 2.25. The lowest BCUT2D eigenvalue weighted by Crippen LogP contribution is -2.19. The second kappa shape index (κ2) is 7.55. The maximum Gasteiger partial charge on any atom is 0.198 e. The van der Waals surface area contributed by atoms with Crippen LogP contribution >= 0.6 is 23.8 Å². The molecule has 22 heavy (non-hydrogen) atoms. The van der Waals surface area contributed by atoms with E-state index in [9.17, 15) is 0 Å². The molecule has 0 aliphatic rings. The maximum absolute atomic E-state index is 8.75. The van der Waals surface area contributed by atoms with Crippen LogP contribution in [0.2, 0.25) is 5.02 Å². The van der Waals surface area contributed by atoms with Crippen LogP contribution in [0.5, 0.6) is 0 Å². The van der Waals surface area contributed by atoms with Gasteiger partial charge < -0.3 is 11.1 Å². The fraction of sp³-hybridized carbons (Fsp3) is 0.0625. The molecule has 6 heteroatoms. The predicted octanol–water partition coefficient (Wildman–Crippen LogP) is 3.51. The van der Waals surface area contributed by atoms with Crippen LogP contribution in [-0.4, -0.2) is 10.9 Å². The van der Waals surface area contributed by atoms with Crippen LogP contribution < -0.4 is 11.1 Å². The highest BCUT2D eigenvalue weighted by Crippen LogP contribution is 2.12. The summed E-state index contributed by atoms with van der Waals surface area (Å²) in [7, 11) is 0. The third-order valence-electron chi connectivity index (χ3n) is 2.78. The number of nitriles is 1. The van der Waals surface area contributed by atoms with Gasteiger partial charge in [0, 0.05) is 17.1 Å². The molecule has 4 nitrogen and oxygen atoms in total. The molecule has 0 radical (unpaired) electrons. The first-order chi connectivity index (χ1) is 10.6. The van der Waals surface area contributed by atoms with Crippen molar-refractivity contribution in [2.45, 2.75) is 6.42 Å². The van der Waals surface area contributed by atoms with Crippen molar-refractivity contribution in [2.75, 3.05) is 5.32 Å². The van der Waals surface area contributed by atoms with Gasteiger partial charge in [0.15, 0.2) is 5.11 Å². The number of benzene rings is 2. The Bertz CT molecular complexity index is 747. The van der Waals surface area contributed by atoms with E-state index in [2.05, 4.69) is 16.4 Å². The first-order valence-electron chi connectivity index (χ1n) is 6.45. The van der Waals surface area contributed by atoms with Crippen molar-refractivity contribution >= 4 is 40.5 Å². The summed E-state index contributed by atoms with van der Waals surface area (Å²) in [5.41, 5.74) is 8.20. The summed E-state index contributed by atoms with van der Waals surface area (Å²) in [5.74, 6) is 0.397. The number of rotatable bonds is 3. The number of nitrogens with zero attached hydrogens (tertiary/aromatic N) is 2. The SMILES string of the molecule is N#Cc1ccc(NC(=S)N=C(N)Cc2cccc(Cl)c2)cc1. The number of halogens is 1. The molecular formula is C16H13ClN4S. The zero-order valence-electron chi connectivity index (χ0n) is 11.6. The highest BCUT2D eigenvalue weighted by atomic mass is 35.5. The summed E-state index contributed by atoms with van der Waals surface area (Å²) in [4.78, 5) is 4.15. The van der Waals surface area contributed by atoms with E-state index in [-0.39, 0.29) is 5.11 Å². The Balaban J connectivity index is 1.98. The summed E-state index contributed by atoms with van der Waals surface area (Å²) in [5, 5.41) is 12.6. The average molecular weight is 329 g/mol. The first kappa shape index (κ1) is 16.0. The van der Waals surface area contributed by atoms with Crippen LogP contribution in [0.4, 0.5) is 5.69 Å². The molecule has 0 atom stereocenters. The Morgan fingerprint density at radius 3 is 2.64 bits per heavy atom. The molecule has 0 saturated heterocycles. The summed E-state index contributed by atoms with van der Waals surface area (Å²) in [6.45, 7) is 0. The normalized spacial score (nSPS) is 10.8. The molecule has 0 aliphatic carbocycles. The molecule has 110 valence electrons. The van der Waals surface area contributed by atoms with Crippen LogP contribution in [0.3, 0.4) is 0 Å². The monoisotopic (exact) mass is 328 g/mol. The van der Waals surface area contributed by atoms with Crippen molar-refractivity contribution in [2.24, 2.45) is 10.7 Å². The van der Waals surface area contributed by atoms with E-state index in [4.69, 9.17) is 34.8 Å². The Morgan fingerprint density at radius 1 is 1.27 bits per heavy atom. The molecule has 0 heterocycles. The number of amidine groups is 1. The number of nitrogens with two attached hydrogens (primary N) is 1. The Morgan fingerprint density at radius 2 is 2.00 bits per heavy atom. The molecule has 0 amide bonds. The Labute approximate surface area is 139 Å². The Hall–Kier alpha value is -2.42. The van der Waals surface area contributed by atoms with Crippen molar-refractivity contribution in [3.05, 3.63) is 64.7 Å². The second-order valence-electron chi connectivity index (χ2n) is 4.53. The fourth-order valence-electron chi connectivity index (χ4n) is 1.81. The van der Waals surface area contributed by atoms with Crippen molar-refractivity contribution in [3.63, 3.8) is 0 Å². The Kier molecular flexibility index (Phi) is 5.48. The van der Waals surface area contributed by atoms with Crippen molar-refractivity contribution in [1.29, 1.82) is 5.26 Å². The largest absolute Gasteiger partial charge is 0.387 e. The summed E-state index contributed by atoms with van der Waals surface area (Å²) in [6.07, 6.45) is 0.468. The van der Waals surface area contributed by atoms with E-state index in [0.717, 1.165) is 11.3 Å². The molecule has 0 unspecified atom stereocenters. The summed E-state index contributed by atoms with van der Waals surface area (Å²) >= 11 is 11.1. The second-order valence-corrected chi connectivity index (χ2v) is 5.35. The van der Waals surface area contributed by atoms with Crippen LogP contribution in [0, 0.1) is 11.3 Å². The number of nitrogens with one attached hydrogen (secondary N) is 1. The molecule has 0 bridgehead atoms. The minimum atomic E-state index is 0.268. The van der Waals surface area contributed by atoms with Crippen LogP contribution in [-0.2, 0) is 6.42 Å². The van der Waals surface area contributed by atoms with Gasteiger partial charge in [-0.05, 0) is 54.2 Å². The van der Waals surface area contributed by atoms with Crippen molar-refractivity contribution in [1.82, 2.24) is 0 Å². The van der Waals surface area contributed by atoms with Gasteiger partial charge in [-0.25, -0.2) is 4.99 Å². The topological polar surface area (TPSA) is 74.2 Å². The number of thiocarbonyl (C=S) groups is 1. The third kappa shape index (κ3) is 4.85. The molecular weight excluding hydrogens is 316 g/mol. The molecule has 2 rings (SSSR count). The number of aliphatic imine (C=N–C) groups is 1. The van der Waals surface area contributed by atoms with Gasteiger partial charge in [-0.1, -0.05) is 23.7 Å². The quantitative estimate of drug-likeness (QED) is 0.513. The zero-order valence-corrected chi connectivity index (χ0v) is 13.2. The minimum absolute atomic E-state index is 0.268. The van der Waals surface area contributed by atoms with Crippen LogP contribution in [0.25, 0.3) is 0 Å². The summed E-state index contributed by atoms with van der Waals surface area (Å²) in [6, 6.07) is 16.4. The molecule has 0 aromatic heterocycles. The number of hydrogen-bond donors (Lipinski definition) is 2. The predicted molar refractivity (Wildman–Crippen MR) is 94.2 cm³/mol. The molecule has 0 saturated carbocycles. The first-order valence-corrected chi connectivity index (χ1v) is 7.24. The molecule has 0 fully saturated rings. The lowest BCUT2D eigenvalue weighted by molar-refractivity contribution is 1.29. The highest BCUT2D eigenvalue weighted by Gasteiger charge is 2.01. The molecule has 2 aromatic rings. The van der Waals surface area contributed by atoms with Gasteiger partial charge in [0.1, 0.15) is 5.84 Å². The highest BCUT2D eigenvalue weighted by molar-refractivity contribution is 7.80. The van der Waals surface area contributed by atoms with Gasteiger partial charge in [-0.15, -0.1) is 0 Å². The van der Waals surface area contributed by atoms with Gasteiger partial charge in [0.05, 0.1) is 11.6 Å². The average Bonchev–Trinajstić information content (AvgIpc) is 2.47. The summed E-state index contributed by atoms with van der Waals surface area (Å²) < 4.78 is 0. The molecule has 0 spiro atoms. The zero-order chi connectivity index (χ0) is 15.9. The minimum Gasteiger partial charge on any atom is -0.387 e. The van der Waals surface area contributed by atoms with Crippen molar-refractivity contribution < 1.29 is 0 Å². The van der Waals surface area contributed by atoms with Gasteiger partial charge in [-0.2, -0.15) is 5.26 Å². The lowest BCUT2D eigenvalue weighted by atomic mass is 10.1. The third-order valence-corrected chi connectivity index (χ3v) is 3.21. The van der Waals surface area contributed by atoms with Crippen LogP contribution in [0.1, 0.15) is 11.1 Å².